The van der Waals surface area contributed by atoms with Crippen molar-refractivity contribution in [3.05, 3.63) is 22.8 Å². The van der Waals surface area contributed by atoms with Gasteiger partial charge in [-0.05, 0) is 68.8 Å². The summed E-state index contributed by atoms with van der Waals surface area (Å²) in [6.07, 6.45) is 3.16. The fraction of sp³-hybridized carbons (Fsp3) is 0.571. The SMILES string of the molecule is Cc1cc(CC2CCNCC2)c(O)c(O)c1C. The van der Waals surface area contributed by atoms with Gasteiger partial charge >= 0.3 is 0 Å². The molecule has 1 heterocycles. The Morgan fingerprint density at radius 2 is 1.82 bits per heavy atom. The average Bonchev–Trinajstić information content (AvgIpc) is 2.35. The molecule has 0 amide bonds. The Bertz CT molecular complexity index is 409. The highest BCUT2D eigenvalue weighted by Crippen LogP contribution is 2.36. The van der Waals surface area contributed by atoms with E-state index in [9.17, 15) is 10.2 Å². The monoisotopic (exact) mass is 235 g/mol. The zero-order chi connectivity index (χ0) is 12.4. The molecular formula is C14H21NO2. The summed E-state index contributed by atoms with van der Waals surface area (Å²) < 4.78 is 0. The van der Waals surface area contributed by atoms with Crippen molar-refractivity contribution in [2.75, 3.05) is 13.1 Å². The van der Waals surface area contributed by atoms with Gasteiger partial charge in [0.2, 0.25) is 0 Å². The predicted octanol–water partition coefficient (Wildman–Crippen LogP) is 2.26. The third-order valence-corrected chi connectivity index (χ3v) is 3.83. The zero-order valence-corrected chi connectivity index (χ0v) is 10.6. The third kappa shape index (κ3) is 2.55. The van der Waals surface area contributed by atoms with Crippen molar-refractivity contribution < 1.29 is 10.2 Å². The van der Waals surface area contributed by atoms with Gasteiger partial charge in [0.15, 0.2) is 11.5 Å². The Morgan fingerprint density at radius 1 is 1.18 bits per heavy atom. The Balaban J connectivity index is 2.20. The zero-order valence-electron chi connectivity index (χ0n) is 10.6. The van der Waals surface area contributed by atoms with E-state index in [0.29, 0.717) is 5.92 Å². The molecule has 3 nitrogen and oxygen atoms in total. The van der Waals surface area contributed by atoms with E-state index in [1.807, 2.05) is 19.9 Å². The van der Waals surface area contributed by atoms with Crippen molar-refractivity contribution >= 4 is 0 Å². The normalized spacial score (nSPS) is 17.3. The van der Waals surface area contributed by atoms with Gasteiger partial charge in [-0.2, -0.15) is 0 Å². The van der Waals surface area contributed by atoms with Crippen molar-refractivity contribution in [1.29, 1.82) is 0 Å². The molecule has 2 rings (SSSR count). The van der Waals surface area contributed by atoms with Crippen molar-refractivity contribution in [3.8, 4) is 11.5 Å². The topological polar surface area (TPSA) is 52.5 Å². The van der Waals surface area contributed by atoms with Crippen molar-refractivity contribution in [2.24, 2.45) is 5.92 Å². The molecule has 0 aromatic heterocycles. The van der Waals surface area contributed by atoms with E-state index in [1.54, 1.807) is 0 Å². The van der Waals surface area contributed by atoms with Crippen LogP contribution in [-0.4, -0.2) is 23.3 Å². The van der Waals surface area contributed by atoms with Gasteiger partial charge in [-0.3, -0.25) is 0 Å². The van der Waals surface area contributed by atoms with Gasteiger partial charge in [-0.25, -0.2) is 0 Å². The Labute approximate surface area is 102 Å². The van der Waals surface area contributed by atoms with Crippen molar-refractivity contribution in [2.45, 2.75) is 33.1 Å². The molecule has 94 valence electrons. The molecule has 0 spiro atoms. The van der Waals surface area contributed by atoms with E-state index >= 15 is 0 Å². The molecule has 1 saturated heterocycles. The first-order valence-electron chi connectivity index (χ1n) is 6.31. The Hall–Kier alpha value is -1.22. The van der Waals surface area contributed by atoms with Crippen LogP contribution in [0.2, 0.25) is 0 Å². The summed E-state index contributed by atoms with van der Waals surface area (Å²) >= 11 is 0. The lowest BCUT2D eigenvalue weighted by atomic mass is 9.89. The standard InChI is InChI=1S/C14H21NO2/c1-9-7-12(14(17)13(16)10(9)2)8-11-3-5-15-6-4-11/h7,11,15-17H,3-6,8H2,1-2H3. The smallest absolute Gasteiger partial charge is 0.160 e. The van der Waals surface area contributed by atoms with Crippen molar-refractivity contribution in [3.63, 3.8) is 0 Å². The van der Waals surface area contributed by atoms with E-state index in [0.717, 1.165) is 49.0 Å². The van der Waals surface area contributed by atoms with Gasteiger partial charge in [0, 0.05) is 0 Å². The average molecular weight is 235 g/mol. The van der Waals surface area contributed by atoms with Crippen LogP contribution in [0.3, 0.4) is 0 Å². The number of rotatable bonds is 2. The van der Waals surface area contributed by atoms with E-state index in [2.05, 4.69) is 5.32 Å². The van der Waals surface area contributed by atoms with Crippen LogP contribution in [0.15, 0.2) is 6.07 Å². The maximum Gasteiger partial charge on any atom is 0.160 e. The van der Waals surface area contributed by atoms with Gasteiger partial charge in [-0.1, -0.05) is 6.07 Å². The van der Waals surface area contributed by atoms with Gasteiger partial charge < -0.3 is 15.5 Å². The second-order valence-electron chi connectivity index (χ2n) is 5.07. The van der Waals surface area contributed by atoms with E-state index < -0.39 is 0 Å². The van der Waals surface area contributed by atoms with Gasteiger partial charge in [-0.15, -0.1) is 0 Å². The summed E-state index contributed by atoms with van der Waals surface area (Å²) in [4.78, 5) is 0. The van der Waals surface area contributed by atoms with Gasteiger partial charge in [0.1, 0.15) is 0 Å². The number of hydrogen-bond acceptors (Lipinski definition) is 3. The number of hydrogen-bond donors (Lipinski definition) is 3. The molecule has 1 aliphatic rings. The maximum absolute atomic E-state index is 9.97. The fourth-order valence-electron chi connectivity index (χ4n) is 2.51. The highest BCUT2D eigenvalue weighted by atomic mass is 16.3. The second kappa shape index (κ2) is 4.96. The molecule has 0 saturated carbocycles. The van der Waals surface area contributed by atoms with E-state index in [-0.39, 0.29) is 11.5 Å². The Morgan fingerprint density at radius 3 is 2.47 bits per heavy atom. The first-order chi connectivity index (χ1) is 8.09. The summed E-state index contributed by atoms with van der Waals surface area (Å²) in [5.74, 6) is 0.740. The van der Waals surface area contributed by atoms with Crippen LogP contribution < -0.4 is 5.32 Å². The van der Waals surface area contributed by atoms with Gasteiger partial charge in [0.25, 0.3) is 0 Å². The van der Waals surface area contributed by atoms with Gasteiger partial charge in [0.05, 0.1) is 0 Å². The molecular weight excluding hydrogens is 214 g/mol. The minimum atomic E-state index is 0.0499. The van der Waals surface area contributed by atoms with Crippen LogP contribution in [-0.2, 0) is 6.42 Å². The lowest BCUT2D eigenvalue weighted by molar-refractivity contribution is 0.358. The van der Waals surface area contributed by atoms with Crippen LogP contribution in [0.1, 0.15) is 29.5 Å². The van der Waals surface area contributed by atoms with Crippen LogP contribution in [0.4, 0.5) is 0 Å². The van der Waals surface area contributed by atoms with Crippen LogP contribution in [0.5, 0.6) is 11.5 Å². The quantitative estimate of drug-likeness (QED) is 0.689. The fourth-order valence-corrected chi connectivity index (χ4v) is 2.51. The van der Waals surface area contributed by atoms with E-state index in [1.165, 1.54) is 0 Å². The second-order valence-corrected chi connectivity index (χ2v) is 5.07. The molecule has 0 aliphatic carbocycles. The first-order valence-corrected chi connectivity index (χ1v) is 6.31. The maximum atomic E-state index is 9.97. The largest absolute Gasteiger partial charge is 0.504 e. The number of piperidine rings is 1. The molecule has 1 aromatic carbocycles. The molecule has 1 aliphatic heterocycles. The number of aromatic hydroxyl groups is 2. The molecule has 3 N–H and O–H groups in total. The molecule has 0 atom stereocenters. The Kier molecular flexibility index (Phi) is 3.57. The minimum Gasteiger partial charge on any atom is -0.504 e. The lowest BCUT2D eigenvalue weighted by Crippen LogP contribution is -2.28. The summed E-state index contributed by atoms with van der Waals surface area (Å²) in [5, 5.41) is 23.1. The number of phenolic OH excluding ortho intramolecular Hbond substituents is 2. The highest BCUT2D eigenvalue weighted by molar-refractivity contribution is 5.53. The molecule has 3 heteroatoms. The number of phenols is 2. The number of benzene rings is 1. The predicted molar refractivity (Wildman–Crippen MR) is 68.5 cm³/mol. The van der Waals surface area contributed by atoms with Crippen LogP contribution in [0, 0.1) is 19.8 Å². The summed E-state index contributed by atoms with van der Waals surface area (Å²) in [5.41, 5.74) is 2.71. The highest BCUT2D eigenvalue weighted by Gasteiger charge is 2.18. The number of aryl methyl sites for hydroxylation is 1. The molecule has 17 heavy (non-hydrogen) atoms. The summed E-state index contributed by atoms with van der Waals surface area (Å²) in [7, 11) is 0. The lowest BCUT2D eigenvalue weighted by Gasteiger charge is -2.23. The summed E-state index contributed by atoms with van der Waals surface area (Å²) in [6.45, 7) is 5.92. The summed E-state index contributed by atoms with van der Waals surface area (Å²) in [6, 6.07) is 2.01. The van der Waals surface area contributed by atoms with Crippen molar-refractivity contribution in [1.82, 2.24) is 5.32 Å². The molecule has 1 fully saturated rings. The van der Waals surface area contributed by atoms with Crippen LogP contribution >= 0.6 is 0 Å². The van der Waals surface area contributed by atoms with E-state index in [4.69, 9.17) is 0 Å². The molecule has 1 aromatic rings. The molecule has 0 radical (unpaired) electrons. The first kappa shape index (κ1) is 12.2. The molecule has 0 unspecified atom stereocenters. The molecule has 0 bridgehead atoms. The minimum absolute atomic E-state index is 0.0499. The third-order valence-electron chi connectivity index (χ3n) is 3.83. The van der Waals surface area contributed by atoms with Crippen LogP contribution in [0.25, 0.3) is 0 Å². The number of nitrogens with one attached hydrogen (secondary N) is 1.